The highest BCUT2D eigenvalue weighted by Gasteiger charge is 2.18. The zero-order chi connectivity index (χ0) is 19.8. The number of nitro benzene ring substituents is 1. The summed E-state index contributed by atoms with van der Waals surface area (Å²) >= 11 is 0. The molecule has 1 aromatic heterocycles. The second-order valence-electron chi connectivity index (χ2n) is 6.51. The normalized spacial score (nSPS) is 10.9. The Morgan fingerprint density at radius 3 is 2.52 bits per heavy atom. The van der Waals surface area contributed by atoms with Crippen LogP contribution in [0.4, 0.5) is 5.69 Å². The van der Waals surface area contributed by atoms with Gasteiger partial charge in [0.2, 0.25) is 5.43 Å². The smallest absolute Gasteiger partial charge is 0.343 e. The third kappa shape index (κ3) is 5.15. The van der Waals surface area contributed by atoms with Gasteiger partial charge in [-0.15, -0.1) is 0 Å². The number of hydrogen-bond donors (Lipinski definition) is 0. The molecule has 27 heavy (non-hydrogen) atoms. The van der Waals surface area contributed by atoms with Crippen molar-refractivity contribution in [1.29, 1.82) is 0 Å². The highest BCUT2D eigenvalue weighted by molar-refractivity contribution is 5.94. The van der Waals surface area contributed by atoms with Gasteiger partial charge in [-0.05, 0) is 19.4 Å². The number of aromatic nitrogens is 1. The predicted octanol–water partition coefficient (Wildman–Crippen LogP) is 4.45. The van der Waals surface area contributed by atoms with Gasteiger partial charge in [0.25, 0.3) is 5.69 Å². The first-order chi connectivity index (χ1) is 13.0. The predicted molar refractivity (Wildman–Crippen MR) is 104 cm³/mol. The molecule has 146 valence electrons. The van der Waals surface area contributed by atoms with Crippen LogP contribution in [0.25, 0.3) is 10.9 Å². The average Bonchev–Trinajstić information content (AvgIpc) is 2.65. The molecule has 2 rings (SSSR count). The van der Waals surface area contributed by atoms with Crippen molar-refractivity contribution in [3.05, 3.63) is 50.3 Å². The van der Waals surface area contributed by atoms with Crippen LogP contribution in [0.1, 0.15) is 62.7 Å². The molecule has 0 aliphatic heterocycles. The van der Waals surface area contributed by atoms with Gasteiger partial charge in [0.1, 0.15) is 5.56 Å². The molecule has 0 amide bonds. The largest absolute Gasteiger partial charge is 0.462 e. The summed E-state index contributed by atoms with van der Waals surface area (Å²) in [6.07, 6.45) is 8.05. The van der Waals surface area contributed by atoms with E-state index in [0.717, 1.165) is 19.3 Å². The van der Waals surface area contributed by atoms with Crippen LogP contribution >= 0.6 is 0 Å². The van der Waals surface area contributed by atoms with Crippen LogP contribution in [0.3, 0.4) is 0 Å². The van der Waals surface area contributed by atoms with Crippen LogP contribution in [0.2, 0.25) is 0 Å². The minimum Gasteiger partial charge on any atom is -0.462 e. The maximum absolute atomic E-state index is 12.6. The summed E-state index contributed by atoms with van der Waals surface area (Å²) in [6, 6.07) is 4.09. The minimum absolute atomic E-state index is 0.0378. The molecule has 0 spiro atoms. The first-order valence-electron chi connectivity index (χ1n) is 9.48. The summed E-state index contributed by atoms with van der Waals surface area (Å²) in [5, 5.41) is 11.4. The third-order valence-electron chi connectivity index (χ3n) is 4.52. The number of hydrogen-bond acceptors (Lipinski definition) is 5. The van der Waals surface area contributed by atoms with Crippen molar-refractivity contribution >= 4 is 22.6 Å². The minimum atomic E-state index is -0.667. The van der Waals surface area contributed by atoms with Gasteiger partial charge in [-0.3, -0.25) is 14.9 Å². The van der Waals surface area contributed by atoms with E-state index in [4.69, 9.17) is 4.74 Å². The van der Waals surface area contributed by atoms with Crippen LogP contribution < -0.4 is 5.43 Å². The van der Waals surface area contributed by atoms with E-state index < -0.39 is 16.3 Å². The molecule has 0 radical (unpaired) electrons. The lowest BCUT2D eigenvalue weighted by atomic mass is 10.1. The van der Waals surface area contributed by atoms with Gasteiger partial charge in [0, 0.05) is 30.3 Å². The van der Waals surface area contributed by atoms with Crippen molar-refractivity contribution in [3.8, 4) is 0 Å². The number of unbranched alkanes of at least 4 members (excludes halogenated alkanes) is 5. The van der Waals surface area contributed by atoms with E-state index in [1.807, 2.05) is 0 Å². The Balaban J connectivity index is 2.38. The lowest BCUT2D eigenvalue weighted by Crippen LogP contribution is -2.21. The zero-order valence-corrected chi connectivity index (χ0v) is 15.9. The number of benzene rings is 1. The Kier molecular flexibility index (Phi) is 7.52. The van der Waals surface area contributed by atoms with Gasteiger partial charge >= 0.3 is 5.97 Å². The van der Waals surface area contributed by atoms with Crippen molar-refractivity contribution in [2.45, 2.75) is 58.9 Å². The standard InChI is InChI=1S/C20H26N2O5/c1-3-5-6-7-8-9-12-21-14-17(20(24)27-4-2)19(23)16-11-10-15(22(25)26)13-18(16)21/h10-11,13-14H,3-9,12H2,1-2H3. The Bertz CT molecular complexity index is 873. The second kappa shape index (κ2) is 9.85. The van der Waals surface area contributed by atoms with Gasteiger partial charge < -0.3 is 9.30 Å². The summed E-state index contributed by atoms with van der Waals surface area (Å²) in [6.45, 7) is 4.60. The molecule has 2 aromatic rings. The molecule has 0 saturated heterocycles. The molecule has 7 nitrogen and oxygen atoms in total. The highest BCUT2D eigenvalue weighted by atomic mass is 16.6. The average molecular weight is 374 g/mol. The number of esters is 1. The molecule has 0 fully saturated rings. The number of ether oxygens (including phenoxy) is 1. The quantitative estimate of drug-likeness (QED) is 0.265. The number of nitro groups is 1. The van der Waals surface area contributed by atoms with Crippen LogP contribution in [0.5, 0.6) is 0 Å². The van der Waals surface area contributed by atoms with E-state index in [-0.39, 0.29) is 23.2 Å². The van der Waals surface area contributed by atoms with Crippen LogP contribution in [-0.2, 0) is 11.3 Å². The molecule has 0 atom stereocenters. The maximum atomic E-state index is 12.6. The molecule has 1 aromatic carbocycles. The Morgan fingerprint density at radius 1 is 1.15 bits per heavy atom. The van der Waals surface area contributed by atoms with Crippen molar-refractivity contribution in [1.82, 2.24) is 4.57 Å². The van der Waals surface area contributed by atoms with E-state index in [1.165, 1.54) is 43.7 Å². The summed E-state index contributed by atoms with van der Waals surface area (Å²) in [4.78, 5) is 35.4. The van der Waals surface area contributed by atoms with E-state index in [2.05, 4.69) is 6.92 Å². The van der Waals surface area contributed by atoms with Crippen molar-refractivity contribution in [2.24, 2.45) is 0 Å². The van der Waals surface area contributed by atoms with E-state index >= 15 is 0 Å². The fraction of sp³-hybridized carbons (Fsp3) is 0.500. The number of non-ortho nitro benzene ring substituents is 1. The number of nitrogens with zero attached hydrogens (tertiary/aromatic N) is 2. The van der Waals surface area contributed by atoms with Crippen molar-refractivity contribution in [2.75, 3.05) is 6.61 Å². The number of rotatable bonds is 10. The number of fused-ring (bicyclic) bond motifs is 1. The fourth-order valence-electron chi connectivity index (χ4n) is 3.09. The van der Waals surface area contributed by atoms with Gasteiger partial charge in [0.05, 0.1) is 17.0 Å². The molecule has 7 heteroatoms. The number of pyridine rings is 1. The van der Waals surface area contributed by atoms with Gasteiger partial charge in [-0.2, -0.15) is 0 Å². The number of carbonyl (C=O) groups excluding carboxylic acids is 1. The second-order valence-corrected chi connectivity index (χ2v) is 6.51. The number of carbonyl (C=O) groups is 1. The van der Waals surface area contributed by atoms with Crippen molar-refractivity contribution < 1.29 is 14.5 Å². The van der Waals surface area contributed by atoms with Crippen molar-refractivity contribution in [3.63, 3.8) is 0 Å². The first-order valence-corrected chi connectivity index (χ1v) is 9.48. The highest BCUT2D eigenvalue weighted by Crippen LogP contribution is 2.20. The fourth-order valence-corrected chi connectivity index (χ4v) is 3.09. The first kappa shape index (κ1) is 20.6. The molecule has 0 aliphatic carbocycles. The van der Waals surface area contributed by atoms with E-state index in [1.54, 1.807) is 11.5 Å². The monoisotopic (exact) mass is 374 g/mol. The summed E-state index contributed by atoms with van der Waals surface area (Å²) in [7, 11) is 0. The third-order valence-corrected chi connectivity index (χ3v) is 4.52. The molecular weight excluding hydrogens is 348 g/mol. The molecule has 0 aliphatic rings. The topological polar surface area (TPSA) is 91.4 Å². The molecular formula is C20H26N2O5. The SMILES string of the molecule is CCCCCCCCn1cc(C(=O)OCC)c(=O)c2ccc([N+](=O)[O-])cc21. The van der Waals surface area contributed by atoms with Gasteiger partial charge in [-0.1, -0.05) is 39.0 Å². The molecule has 0 saturated carbocycles. The van der Waals surface area contributed by atoms with Crippen LogP contribution in [0, 0.1) is 10.1 Å². The Morgan fingerprint density at radius 2 is 1.85 bits per heavy atom. The number of aryl methyl sites for hydroxylation is 1. The zero-order valence-electron chi connectivity index (χ0n) is 15.9. The molecule has 0 bridgehead atoms. The van der Waals surface area contributed by atoms with Gasteiger partial charge in [-0.25, -0.2) is 4.79 Å². The lowest BCUT2D eigenvalue weighted by Gasteiger charge is -2.13. The molecule has 1 heterocycles. The Labute approximate surface area is 158 Å². The molecule has 0 N–H and O–H groups in total. The van der Waals surface area contributed by atoms with Gasteiger partial charge in [0.15, 0.2) is 0 Å². The Hall–Kier alpha value is -2.70. The van der Waals surface area contributed by atoms with E-state index in [9.17, 15) is 19.7 Å². The summed E-state index contributed by atoms with van der Waals surface area (Å²) in [5.41, 5.74) is -0.111. The summed E-state index contributed by atoms with van der Waals surface area (Å²) in [5.74, 6) is -0.667. The van der Waals surface area contributed by atoms with Crippen LogP contribution in [0.15, 0.2) is 29.2 Å². The van der Waals surface area contributed by atoms with E-state index in [0.29, 0.717) is 12.1 Å². The lowest BCUT2D eigenvalue weighted by molar-refractivity contribution is -0.384. The van der Waals surface area contributed by atoms with Crippen LogP contribution in [-0.4, -0.2) is 22.1 Å². The maximum Gasteiger partial charge on any atom is 0.343 e. The summed E-state index contributed by atoms with van der Waals surface area (Å²) < 4.78 is 6.74. The molecule has 0 unspecified atom stereocenters.